The van der Waals surface area contributed by atoms with Crippen LogP contribution in [-0.4, -0.2) is 24.2 Å². The average molecular weight is 358 g/mol. The molecule has 0 aliphatic carbocycles. The van der Waals surface area contributed by atoms with Crippen LogP contribution in [0.5, 0.6) is 5.75 Å². The standard InChI is InChI=1S/C19H22N2O3S/c1-4-24-16-9-7-15(8-10-16)19(23)21-20-18(22)12-25-17-11-13(2)5-6-14(17)3/h5-11H,4,12H2,1-3H3,(H,20,22)(H,21,23). The van der Waals surface area contributed by atoms with E-state index in [9.17, 15) is 9.59 Å². The third kappa shape index (κ3) is 5.83. The van der Waals surface area contributed by atoms with Crippen molar-refractivity contribution in [2.75, 3.05) is 12.4 Å². The highest BCUT2D eigenvalue weighted by Gasteiger charge is 2.09. The second-order valence-corrected chi connectivity index (χ2v) is 6.53. The number of ether oxygens (including phenoxy) is 1. The summed E-state index contributed by atoms with van der Waals surface area (Å²) in [6, 6.07) is 12.9. The molecule has 0 heterocycles. The molecule has 2 aromatic rings. The fourth-order valence-electron chi connectivity index (χ4n) is 2.11. The molecule has 0 atom stereocenters. The van der Waals surface area contributed by atoms with E-state index in [0.717, 1.165) is 16.0 Å². The molecule has 132 valence electrons. The summed E-state index contributed by atoms with van der Waals surface area (Å²) in [6.07, 6.45) is 0. The van der Waals surface area contributed by atoms with E-state index in [1.807, 2.05) is 39.0 Å². The zero-order valence-electron chi connectivity index (χ0n) is 14.6. The van der Waals surface area contributed by atoms with Gasteiger partial charge in [0.2, 0.25) is 5.91 Å². The normalized spacial score (nSPS) is 10.2. The molecule has 0 aliphatic heterocycles. The Kier molecular flexibility index (Phi) is 6.89. The molecule has 0 radical (unpaired) electrons. The lowest BCUT2D eigenvalue weighted by Gasteiger charge is -2.09. The van der Waals surface area contributed by atoms with Crippen molar-refractivity contribution in [2.24, 2.45) is 0 Å². The molecule has 0 unspecified atom stereocenters. The fraction of sp³-hybridized carbons (Fsp3) is 0.263. The summed E-state index contributed by atoms with van der Waals surface area (Å²) in [7, 11) is 0. The van der Waals surface area contributed by atoms with Gasteiger partial charge in [0.15, 0.2) is 0 Å². The second-order valence-electron chi connectivity index (χ2n) is 5.52. The maximum Gasteiger partial charge on any atom is 0.269 e. The molecular weight excluding hydrogens is 336 g/mol. The quantitative estimate of drug-likeness (QED) is 0.614. The van der Waals surface area contributed by atoms with Crippen LogP contribution >= 0.6 is 11.8 Å². The van der Waals surface area contributed by atoms with E-state index in [1.54, 1.807) is 24.3 Å². The molecule has 6 heteroatoms. The van der Waals surface area contributed by atoms with Gasteiger partial charge in [-0.3, -0.25) is 20.4 Å². The lowest BCUT2D eigenvalue weighted by atomic mass is 10.2. The highest BCUT2D eigenvalue weighted by Crippen LogP contribution is 2.23. The fourth-order valence-corrected chi connectivity index (χ4v) is 3.03. The first kappa shape index (κ1) is 18.9. The number of amides is 2. The van der Waals surface area contributed by atoms with Gasteiger partial charge in [-0.15, -0.1) is 11.8 Å². The average Bonchev–Trinajstić information content (AvgIpc) is 2.61. The van der Waals surface area contributed by atoms with Crippen molar-refractivity contribution in [3.63, 3.8) is 0 Å². The van der Waals surface area contributed by atoms with Crippen LogP contribution in [0.2, 0.25) is 0 Å². The van der Waals surface area contributed by atoms with Gasteiger partial charge in [-0.05, 0) is 56.7 Å². The smallest absolute Gasteiger partial charge is 0.269 e. The minimum Gasteiger partial charge on any atom is -0.494 e. The number of rotatable bonds is 6. The maximum atomic E-state index is 12.0. The van der Waals surface area contributed by atoms with E-state index >= 15 is 0 Å². The summed E-state index contributed by atoms with van der Waals surface area (Å²) in [5.74, 6) is 0.305. The van der Waals surface area contributed by atoms with Crippen molar-refractivity contribution < 1.29 is 14.3 Å². The van der Waals surface area contributed by atoms with E-state index in [1.165, 1.54) is 11.8 Å². The topological polar surface area (TPSA) is 67.4 Å². The van der Waals surface area contributed by atoms with E-state index in [2.05, 4.69) is 10.9 Å². The molecule has 0 saturated carbocycles. The number of carbonyl (C=O) groups excluding carboxylic acids is 2. The number of carbonyl (C=O) groups is 2. The van der Waals surface area contributed by atoms with Crippen molar-refractivity contribution in [3.05, 3.63) is 59.2 Å². The van der Waals surface area contributed by atoms with Crippen LogP contribution in [0.25, 0.3) is 0 Å². The SMILES string of the molecule is CCOc1ccc(C(=O)NNC(=O)CSc2cc(C)ccc2C)cc1. The minimum atomic E-state index is -0.367. The Morgan fingerprint density at radius 3 is 2.44 bits per heavy atom. The Balaban J connectivity index is 1.81. The summed E-state index contributed by atoms with van der Waals surface area (Å²) >= 11 is 1.44. The van der Waals surface area contributed by atoms with Crippen molar-refractivity contribution in [1.82, 2.24) is 10.9 Å². The van der Waals surface area contributed by atoms with Gasteiger partial charge >= 0.3 is 0 Å². The summed E-state index contributed by atoms with van der Waals surface area (Å²) in [5, 5.41) is 0. The molecule has 0 aliphatic rings. The number of hydrazine groups is 1. The van der Waals surface area contributed by atoms with E-state index in [4.69, 9.17) is 4.74 Å². The second kappa shape index (κ2) is 9.13. The first-order valence-corrected chi connectivity index (χ1v) is 9.00. The highest BCUT2D eigenvalue weighted by molar-refractivity contribution is 8.00. The minimum absolute atomic E-state index is 0.230. The van der Waals surface area contributed by atoms with Gasteiger partial charge in [-0.25, -0.2) is 0 Å². The monoisotopic (exact) mass is 358 g/mol. The van der Waals surface area contributed by atoms with Gasteiger partial charge < -0.3 is 4.74 Å². The van der Waals surface area contributed by atoms with Crippen molar-refractivity contribution >= 4 is 23.6 Å². The molecule has 2 amide bonds. The molecule has 0 spiro atoms. The Morgan fingerprint density at radius 2 is 1.76 bits per heavy atom. The summed E-state index contributed by atoms with van der Waals surface area (Å²) < 4.78 is 5.33. The van der Waals surface area contributed by atoms with Gasteiger partial charge in [0.05, 0.1) is 12.4 Å². The number of thioether (sulfide) groups is 1. The van der Waals surface area contributed by atoms with Gasteiger partial charge in [-0.2, -0.15) is 0 Å². The zero-order chi connectivity index (χ0) is 18.2. The molecule has 0 saturated heterocycles. The predicted molar refractivity (Wildman–Crippen MR) is 99.9 cm³/mol. The Bertz CT molecular complexity index is 745. The Hall–Kier alpha value is -2.47. The Morgan fingerprint density at radius 1 is 1.04 bits per heavy atom. The van der Waals surface area contributed by atoms with Crippen LogP contribution in [0.3, 0.4) is 0 Å². The third-order valence-electron chi connectivity index (χ3n) is 3.45. The molecule has 5 nitrogen and oxygen atoms in total. The molecule has 2 aromatic carbocycles. The van der Waals surface area contributed by atoms with E-state index in [0.29, 0.717) is 17.9 Å². The summed E-state index contributed by atoms with van der Waals surface area (Å²) in [5.41, 5.74) is 7.58. The molecule has 0 aromatic heterocycles. The zero-order valence-corrected chi connectivity index (χ0v) is 15.4. The third-order valence-corrected chi connectivity index (χ3v) is 4.60. The lowest BCUT2D eigenvalue weighted by Crippen LogP contribution is -2.42. The number of hydrogen-bond acceptors (Lipinski definition) is 4. The van der Waals surface area contributed by atoms with Crippen molar-refractivity contribution in [2.45, 2.75) is 25.7 Å². The summed E-state index contributed by atoms with van der Waals surface area (Å²) in [4.78, 5) is 25.0. The molecule has 2 rings (SSSR count). The van der Waals surface area contributed by atoms with Crippen LogP contribution in [0.15, 0.2) is 47.4 Å². The molecule has 25 heavy (non-hydrogen) atoms. The largest absolute Gasteiger partial charge is 0.494 e. The van der Waals surface area contributed by atoms with Crippen LogP contribution in [0, 0.1) is 13.8 Å². The number of benzene rings is 2. The van der Waals surface area contributed by atoms with E-state index in [-0.39, 0.29) is 17.6 Å². The number of nitrogens with one attached hydrogen (secondary N) is 2. The van der Waals surface area contributed by atoms with Gasteiger partial charge in [0.25, 0.3) is 5.91 Å². The molecular formula is C19H22N2O3S. The van der Waals surface area contributed by atoms with Gasteiger partial charge in [0, 0.05) is 10.5 Å². The van der Waals surface area contributed by atoms with Crippen LogP contribution in [0.1, 0.15) is 28.4 Å². The molecule has 0 fully saturated rings. The van der Waals surface area contributed by atoms with Gasteiger partial charge in [0.1, 0.15) is 5.75 Å². The van der Waals surface area contributed by atoms with Crippen molar-refractivity contribution in [3.8, 4) is 5.75 Å². The van der Waals surface area contributed by atoms with Crippen LogP contribution < -0.4 is 15.6 Å². The van der Waals surface area contributed by atoms with E-state index < -0.39 is 0 Å². The molecule has 2 N–H and O–H groups in total. The number of aryl methyl sites for hydroxylation is 2. The highest BCUT2D eigenvalue weighted by atomic mass is 32.2. The van der Waals surface area contributed by atoms with Crippen LogP contribution in [0.4, 0.5) is 0 Å². The maximum absolute atomic E-state index is 12.0. The van der Waals surface area contributed by atoms with Crippen molar-refractivity contribution in [1.29, 1.82) is 0 Å². The predicted octanol–water partition coefficient (Wildman–Crippen LogP) is 3.26. The summed E-state index contributed by atoms with van der Waals surface area (Å²) in [6.45, 7) is 6.49. The first-order chi connectivity index (χ1) is 12.0. The van der Waals surface area contributed by atoms with Crippen LogP contribution in [-0.2, 0) is 4.79 Å². The van der Waals surface area contributed by atoms with Gasteiger partial charge in [-0.1, -0.05) is 17.7 Å². The first-order valence-electron chi connectivity index (χ1n) is 8.01. The lowest BCUT2D eigenvalue weighted by molar-refractivity contribution is -0.119. The number of hydrogen-bond donors (Lipinski definition) is 2. The molecule has 0 bridgehead atoms. The Labute approximate surface area is 152 Å².